The van der Waals surface area contributed by atoms with E-state index in [4.69, 9.17) is 9.72 Å². The van der Waals surface area contributed by atoms with Crippen LogP contribution in [0.25, 0.3) is 10.7 Å². The van der Waals surface area contributed by atoms with Gasteiger partial charge in [-0.3, -0.25) is 0 Å². The number of hydrogen-bond donors (Lipinski definition) is 1. The molecule has 0 radical (unpaired) electrons. The van der Waals surface area contributed by atoms with Gasteiger partial charge in [-0.2, -0.15) is 0 Å². The number of rotatable bonds is 2. The van der Waals surface area contributed by atoms with Gasteiger partial charge >= 0.3 is 0 Å². The van der Waals surface area contributed by atoms with Gasteiger partial charge in [0.15, 0.2) is 5.82 Å². The van der Waals surface area contributed by atoms with Crippen molar-refractivity contribution in [3.8, 4) is 10.7 Å². The Balaban J connectivity index is 2.04. The van der Waals surface area contributed by atoms with Crippen LogP contribution in [-0.4, -0.2) is 23.6 Å². The number of anilines is 1. The van der Waals surface area contributed by atoms with Crippen LogP contribution in [0.15, 0.2) is 12.1 Å². The van der Waals surface area contributed by atoms with Crippen molar-refractivity contribution in [1.29, 1.82) is 0 Å². The van der Waals surface area contributed by atoms with Gasteiger partial charge in [-0.25, -0.2) is 9.97 Å². The van der Waals surface area contributed by atoms with Crippen LogP contribution in [0.2, 0.25) is 0 Å². The molecule has 21 heavy (non-hydrogen) atoms. The Morgan fingerprint density at radius 1 is 1.24 bits per heavy atom. The van der Waals surface area contributed by atoms with E-state index in [1.165, 1.54) is 4.88 Å². The van der Waals surface area contributed by atoms with Crippen molar-refractivity contribution in [2.75, 3.05) is 19.0 Å². The first-order valence-corrected chi connectivity index (χ1v) is 8.06. The maximum Gasteiger partial charge on any atom is 0.171 e. The van der Waals surface area contributed by atoms with Crippen molar-refractivity contribution in [2.24, 2.45) is 0 Å². The van der Waals surface area contributed by atoms with Gasteiger partial charge in [-0.05, 0) is 17.5 Å². The van der Waals surface area contributed by atoms with E-state index in [1.54, 1.807) is 11.3 Å². The number of nitrogens with zero attached hydrogens (tertiary/aromatic N) is 2. The Labute approximate surface area is 129 Å². The van der Waals surface area contributed by atoms with Crippen molar-refractivity contribution in [1.82, 2.24) is 9.97 Å². The lowest BCUT2D eigenvalue weighted by Gasteiger charge is -2.19. The second-order valence-corrected chi connectivity index (χ2v) is 7.37. The molecule has 0 atom stereocenters. The molecule has 112 valence electrons. The minimum atomic E-state index is 0.163. The third kappa shape index (κ3) is 2.80. The number of hydrogen-bond acceptors (Lipinski definition) is 5. The number of fused-ring (bicyclic) bond motifs is 1. The predicted octanol–water partition coefficient (Wildman–Crippen LogP) is 3.62. The number of aromatic nitrogens is 2. The summed E-state index contributed by atoms with van der Waals surface area (Å²) in [5.74, 6) is 1.71. The molecule has 4 nitrogen and oxygen atoms in total. The molecule has 2 aromatic rings. The first-order chi connectivity index (χ1) is 9.99. The van der Waals surface area contributed by atoms with Crippen molar-refractivity contribution in [3.63, 3.8) is 0 Å². The summed E-state index contributed by atoms with van der Waals surface area (Å²) in [6.45, 7) is 8.03. The zero-order valence-electron chi connectivity index (χ0n) is 13.0. The smallest absolute Gasteiger partial charge is 0.171 e. The van der Waals surface area contributed by atoms with E-state index in [-0.39, 0.29) is 5.41 Å². The Morgan fingerprint density at radius 2 is 2.05 bits per heavy atom. The molecule has 0 aliphatic carbocycles. The highest BCUT2D eigenvalue weighted by atomic mass is 32.1. The third-order valence-corrected chi connectivity index (χ3v) is 5.13. The highest BCUT2D eigenvalue weighted by molar-refractivity contribution is 7.15. The van der Waals surface area contributed by atoms with Gasteiger partial charge in [0.05, 0.1) is 23.8 Å². The molecule has 0 saturated heterocycles. The summed E-state index contributed by atoms with van der Waals surface area (Å²) in [5.41, 5.74) is 2.37. The standard InChI is InChI=1S/C16H21N3OS/c1-16(2,3)13-6-5-12(21-13)15-18-11-7-8-20-9-10(11)14(17-4)19-15/h5-6H,7-9H2,1-4H3,(H,17,18,19). The minimum Gasteiger partial charge on any atom is -0.376 e. The lowest BCUT2D eigenvalue weighted by molar-refractivity contribution is 0.109. The Hall–Kier alpha value is -1.46. The van der Waals surface area contributed by atoms with Crippen molar-refractivity contribution >= 4 is 17.2 Å². The summed E-state index contributed by atoms with van der Waals surface area (Å²) in [6.07, 6.45) is 0.858. The van der Waals surface area contributed by atoms with Gasteiger partial charge in [0.2, 0.25) is 0 Å². The second kappa shape index (κ2) is 5.39. The molecule has 0 amide bonds. The fourth-order valence-electron chi connectivity index (χ4n) is 2.41. The summed E-state index contributed by atoms with van der Waals surface area (Å²) < 4.78 is 5.52. The average molecular weight is 303 g/mol. The van der Waals surface area contributed by atoms with E-state index < -0.39 is 0 Å². The summed E-state index contributed by atoms with van der Waals surface area (Å²) in [7, 11) is 1.90. The van der Waals surface area contributed by atoms with Crippen molar-refractivity contribution < 1.29 is 4.74 Å². The highest BCUT2D eigenvalue weighted by Gasteiger charge is 2.21. The third-order valence-electron chi connectivity index (χ3n) is 3.62. The first kappa shape index (κ1) is 14.5. The van der Waals surface area contributed by atoms with Crippen LogP contribution in [0.4, 0.5) is 5.82 Å². The van der Waals surface area contributed by atoms with Crippen LogP contribution in [-0.2, 0) is 23.2 Å². The van der Waals surface area contributed by atoms with E-state index in [0.717, 1.165) is 40.8 Å². The molecule has 3 heterocycles. The maximum atomic E-state index is 5.52. The van der Waals surface area contributed by atoms with Gasteiger partial charge in [0.1, 0.15) is 5.82 Å². The Kier molecular flexibility index (Phi) is 3.71. The van der Waals surface area contributed by atoms with E-state index in [9.17, 15) is 0 Å². The lowest BCUT2D eigenvalue weighted by atomic mass is 9.95. The van der Waals surface area contributed by atoms with E-state index in [2.05, 4.69) is 43.2 Å². The fraction of sp³-hybridized carbons (Fsp3) is 0.500. The molecule has 1 aliphatic rings. The molecule has 2 aromatic heterocycles. The molecule has 0 saturated carbocycles. The highest BCUT2D eigenvalue weighted by Crippen LogP contribution is 2.35. The average Bonchev–Trinajstić information content (AvgIpc) is 2.96. The van der Waals surface area contributed by atoms with Crippen LogP contribution < -0.4 is 5.32 Å². The lowest BCUT2D eigenvalue weighted by Crippen LogP contribution is -2.16. The largest absolute Gasteiger partial charge is 0.376 e. The molecule has 0 fully saturated rings. The first-order valence-electron chi connectivity index (χ1n) is 7.25. The second-order valence-electron chi connectivity index (χ2n) is 6.29. The molecule has 0 unspecified atom stereocenters. The predicted molar refractivity (Wildman–Crippen MR) is 87.0 cm³/mol. The molecule has 1 aliphatic heterocycles. The Bertz CT molecular complexity index is 641. The topological polar surface area (TPSA) is 47.0 Å². The Morgan fingerprint density at radius 3 is 2.71 bits per heavy atom. The number of nitrogens with one attached hydrogen (secondary N) is 1. The zero-order valence-corrected chi connectivity index (χ0v) is 13.8. The van der Waals surface area contributed by atoms with Gasteiger partial charge in [-0.15, -0.1) is 11.3 Å². The van der Waals surface area contributed by atoms with Crippen LogP contribution in [0.5, 0.6) is 0 Å². The van der Waals surface area contributed by atoms with Crippen LogP contribution >= 0.6 is 11.3 Å². The van der Waals surface area contributed by atoms with Gasteiger partial charge in [-0.1, -0.05) is 20.8 Å². The molecule has 0 aromatic carbocycles. The van der Waals surface area contributed by atoms with Gasteiger partial charge < -0.3 is 10.1 Å². The van der Waals surface area contributed by atoms with E-state index in [0.29, 0.717) is 6.61 Å². The molecular formula is C16H21N3OS. The SMILES string of the molecule is CNc1nc(-c2ccc(C(C)(C)C)s2)nc2c1COCC2. The molecule has 5 heteroatoms. The summed E-state index contributed by atoms with van der Waals surface area (Å²) in [6, 6.07) is 4.32. The molecular weight excluding hydrogens is 282 g/mol. The van der Waals surface area contributed by atoms with Crippen LogP contribution in [0.1, 0.15) is 36.9 Å². The molecule has 1 N–H and O–H groups in total. The summed E-state index contributed by atoms with van der Waals surface area (Å²) in [5, 5.41) is 3.18. The zero-order chi connectivity index (χ0) is 15.0. The van der Waals surface area contributed by atoms with Crippen LogP contribution in [0.3, 0.4) is 0 Å². The monoisotopic (exact) mass is 303 g/mol. The van der Waals surface area contributed by atoms with Gasteiger partial charge in [0, 0.05) is 23.9 Å². The molecule has 0 spiro atoms. The summed E-state index contributed by atoms with van der Waals surface area (Å²) in [4.78, 5) is 11.9. The van der Waals surface area contributed by atoms with E-state index >= 15 is 0 Å². The summed E-state index contributed by atoms with van der Waals surface area (Å²) >= 11 is 1.78. The van der Waals surface area contributed by atoms with Crippen LogP contribution in [0, 0.1) is 0 Å². The normalized spacial score (nSPS) is 14.9. The minimum absolute atomic E-state index is 0.163. The van der Waals surface area contributed by atoms with Gasteiger partial charge in [0.25, 0.3) is 0 Å². The number of ether oxygens (including phenoxy) is 1. The van der Waals surface area contributed by atoms with E-state index in [1.807, 2.05) is 7.05 Å². The quantitative estimate of drug-likeness (QED) is 0.920. The number of thiophene rings is 1. The fourth-order valence-corrected chi connectivity index (χ4v) is 3.41. The maximum absolute atomic E-state index is 5.52. The molecule has 0 bridgehead atoms. The van der Waals surface area contributed by atoms with Crippen molar-refractivity contribution in [2.45, 2.75) is 39.2 Å². The molecule has 3 rings (SSSR count). The van der Waals surface area contributed by atoms with Crippen molar-refractivity contribution in [3.05, 3.63) is 28.3 Å².